The van der Waals surface area contributed by atoms with E-state index in [0.29, 0.717) is 6.61 Å². The van der Waals surface area contributed by atoms with Gasteiger partial charge in [-0.3, -0.25) is 4.79 Å². The Morgan fingerprint density at radius 2 is 1.44 bits per heavy atom. The van der Waals surface area contributed by atoms with Crippen LogP contribution in [0.1, 0.15) is 126 Å². The van der Waals surface area contributed by atoms with Gasteiger partial charge in [0.05, 0.1) is 23.6 Å². The van der Waals surface area contributed by atoms with Crippen LogP contribution in [0.2, 0.25) is 0 Å². The molecule has 43 heavy (non-hydrogen) atoms. The van der Waals surface area contributed by atoms with E-state index < -0.39 is 0 Å². The number of hydrogen-bond acceptors (Lipinski definition) is 3. The van der Waals surface area contributed by atoms with Crippen molar-refractivity contribution in [3.8, 4) is 5.75 Å². The number of nitrogens with one attached hydrogen (secondary N) is 1. The van der Waals surface area contributed by atoms with Crippen LogP contribution in [0, 0.1) is 6.92 Å². The van der Waals surface area contributed by atoms with E-state index in [4.69, 9.17) is 4.74 Å². The van der Waals surface area contributed by atoms with Gasteiger partial charge in [-0.15, -0.1) is 0 Å². The number of carbonyl (C=O) groups is 1. The van der Waals surface area contributed by atoms with Crippen molar-refractivity contribution in [3.05, 3.63) is 75.7 Å². The lowest BCUT2D eigenvalue weighted by molar-refractivity contribution is -0.683. The summed E-state index contributed by atoms with van der Waals surface area (Å²) in [5, 5.41) is 3.18. The number of unbranched alkanes of at least 4 members (excludes halogenated alkanes) is 11. The Balaban J connectivity index is 0.00000645. The number of aromatic nitrogens is 1. The molecule has 3 aromatic rings. The van der Waals surface area contributed by atoms with Crippen LogP contribution in [-0.4, -0.2) is 12.5 Å². The first-order valence-corrected chi connectivity index (χ1v) is 17.2. The maximum Gasteiger partial charge on any atom is 0.228 e. The Morgan fingerprint density at radius 3 is 2.05 bits per heavy atom. The Hall–Kier alpha value is -2.18. The molecular formula is C37H55BrN2O2S. The van der Waals surface area contributed by atoms with Crippen LogP contribution in [0.25, 0.3) is 0 Å². The van der Waals surface area contributed by atoms with Crippen molar-refractivity contribution in [2.24, 2.45) is 0 Å². The number of aryl methyl sites for hydroxylation is 1. The molecule has 238 valence electrons. The van der Waals surface area contributed by atoms with E-state index >= 15 is 0 Å². The zero-order chi connectivity index (χ0) is 30.2. The average molecular weight is 672 g/mol. The first-order valence-electron chi connectivity index (χ1n) is 16.3. The highest BCUT2D eigenvalue weighted by Crippen LogP contribution is 2.35. The lowest BCUT2D eigenvalue weighted by atomic mass is 9.84. The van der Waals surface area contributed by atoms with Crippen molar-refractivity contribution >= 4 is 22.9 Å². The number of nitrogens with zero attached hydrogens (tertiary/aromatic N) is 1. The highest BCUT2D eigenvalue weighted by molar-refractivity contribution is 7.09. The number of amides is 1. The molecule has 0 aliphatic rings. The number of ether oxygens (including phenoxy) is 1. The number of para-hydroxylation sites is 2. The van der Waals surface area contributed by atoms with Gasteiger partial charge < -0.3 is 27.0 Å². The molecule has 1 amide bonds. The second kappa shape index (κ2) is 20.0. The molecule has 0 bridgehead atoms. The van der Waals surface area contributed by atoms with E-state index in [0.717, 1.165) is 41.1 Å². The number of halogens is 1. The predicted octanol–water partition coefficient (Wildman–Crippen LogP) is 6.95. The summed E-state index contributed by atoms with van der Waals surface area (Å²) in [4.78, 5) is 14.6. The Kier molecular flexibility index (Phi) is 17.2. The number of hydrogen-bond donors (Lipinski definition) is 1. The monoisotopic (exact) mass is 670 g/mol. The molecule has 0 radical (unpaired) electrons. The molecule has 0 atom stereocenters. The van der Waals surface area contributed by atoms with E-state index in [1.165, 1.54) is 75.5 Å². The molecule has 2 aromatic carbocycles. The molecule has 0 aliphatic carbocycles. The van der Waals surface area contributed by atoms with Crippen LogP contribution in [0.5, 0.6) is 5.75 Å². The Morgan fingerprint density at radius 1 is 0.837 bits per heavy atom. The van der Waals surface area contributed by atoms with E-state index in [9.17, 15) is 4.79 Å². The quantitative estimate of drug-likeness (QED) is 0.111. The van der Waals surface area contributed by atoms with Crippen molar-refractivity contribution in [2.45, 2.75) is 130 Å². The number of carbonyl (C=O) groups excluding carboxylic acids is 1. The average Bonchev–Trinajstić information content (AvgIpc) is 3.36. The fourth-order valence-corrected chi connectivity index (χ4v) is 6.11. The summed E-state index contributed by atoms with van der Waals surface area (Å²) >= 11 is 1.73. The second-order valence-electron chi connectivity index (χ2n) is 12.8. The van der Waals surface area contributed by atoms with Crippen LogP contribution >= 0.6 is 11.3 Å². The summed E-state index contributed by atoms with van der Waals surface area (Å²) in [6, 6.07) is 14.3. The predicted molar refractivity (Wildman–Crippen MR) is 179 cm³/mol. The van der Waals surface area contributed by atoms with Crippen molar-refractivity contribution in [2.75, 3.05) is 11.9 Å². The van der Waals surface area contributed by atoms with E-state index in [1.807, 2.05) is 24.3 Å². The molecule has 0 saturated heterocycles. The number of anilines is 1. The molecule has 0 spiro atoms. The fourth-order valence-electron chi connectivity index (χ4n) is 5.47. The first-order chi connectivity index (χ1) is 20.3. The summed E-state index contributed by atoms with van der Waals surface area (Å²) in [5.41, 5.74) is 6.13. The van der Waals surface area contributed by atoms with Gasteiger partial charge in [-0.25, -0.2) is 0 Å². The zero-order valence-corrected chi connectivity index (χ0v) is 29.8. The standard InChI is InChI=1S/C37H54N2O2S.BrH/c1-6-7-8-9-10-11-12-13-14-15-16-19-25-41-36-31(22-20-23-33(36)37(3,4)5)26-35(40)38-34-24-18-17-21-32(34)28-39-27-30(2)42-29-39;/h17-18,20-24,27,29H,6-16,19,25-26,28H2,1-5H3;1H. The topological polar surface area (TPSA) is 42.2 Å². The smallest absolute Gasteiger partial charge is 0.228 e. The molecule has 1 N–H and O–H groups in total. The van der Waals surface area contributed by atoms with Gasteiger partial charge in [-0.05, 0) is 30.4 Å². The normalized spacial score (nSPS) is 11.3. The summed E-state index contributed by atoms with van der Waals surface area (Å²) in [6.45, 7) is 12.4. The minimum atomic E-state index is -0.0686. The van der Waals surface area contributed by atoms with Gasteiger partial charge in [0.2, 0.25) is 11.4 Å². The van der Waals surface area contributed by atoms with Gasteiger partial charge in [0, 0.05) is 11.1 Å². The molecule has 0 fully saturated rings. The molecule has 6 heteroatoms. The molecule has 1 heterocycles. The number of benzene rings is 2. The minimum Gasteiger partial charge on any atom is -1.00 e. The van der Waals surface area contributed by atoms with Gasteiger partial charge in [-0.2, -0.15) is 4.57 Å². The van der Waals surface area contributed by atoms with E-state index in [-0.39, 0.29) is 34.7 Å². The Bertz CT molecular complexity index is 1220. The highest BCUT2D eigenvalue weighted by atomic mass is 79.9. The molecule has 0 unspecified atom stereocenters. The maximum atomic E-state index is 13.3. The maximum absolute atomic E-state index is 13.3. The minimum absolute atomic E-state index is 0. The van der Waals surface area contributed by atoms with E-state index in [2.05, 4.69) is 74.4 Å². The van der Waals surface area contributed by atoms with Gasteiger partial charge >= 0.3 is 0 Å². The molecule has 4 nitrogen and oxygen atoms in total. The molecular weight excluding hydrogens is 616 g/mol. The van der Waals surface area contributed by atoms with Gasteiger partial charge in [0.15, 0.2) is 12.7 Å². The van der Waals surface area contributed by atoms with Crippen LogP contribution in [0.3, 0.4) is 0 Å². The fraction of sp³-hybridized carbons (Fsp3) is 0.568. The Labute approximate surface area is 276 Å². The molecule has 3 rings (SSSR count). The van der Waals surface area contributed by atoms with Gasteiger partial charge in [0.1, 0.15) is 5.75 Å². The summed E-state index contributed by atoms with van der Waals surface area (Å²) < 4.78 is 8.63. The molecule has 1 aromatic heterocycles. The summed E-state index contributed by atoms with van der Waals surface area (Å²) in [7, 11) is 0. The third kappa shape index (κ3) is 13.6. The van der Waals surface area contributed by atoms with Gasteiger partial charge in [-0.1, -0.05) is 146 Å². The van der Waals surface area contributed by atoms with Crippen LogP contribution < -0.4 is 31.6 Å². The van der Waals surface area contributed by atoms with E-state index in [1.54, 1.807) is 11.3 Å². The lowest BCUT2D eigenvalue weighted by Crippen LogP contribution is -3.00. The van der Waals surface area contributed by atoms with Gasteiger partial charge in [0.25, 0.3) is 0 Å². The number of thiazole rings is 1. The zero-order valence-electron chi connectivity index (χ0n) is 27.4. The third-order valence-electron chi connectivity index (χ3n) is 7.87. The summed E-state index contributed by atoms with van der Waals surface area (Å²) in [5.74, 6) is 0.871. The lowest BCUT2D eigenvalue weighted by Gasteiger charge is -2.25. The molecule has 0 aliphatic heterocycles. The SMILES string of the molecule is CCCCCCCCCCCCCCOc1c(CC(=O)Nc2ccccc2C[n+]2csc(C)c2)cccc1C(C)(C)C.[Br-]. The van der Waals surface area contributed by atoms with Crippen molar-refractivity contribution in [1.29, 1.82) is 0 Å². The first kappa shape index (κ1) is 37.0. The largest absolute Gasteiger partial charge is 1.00 e. The van der Waals surface area contributed by atoms with Crippen LogP contribution in [0.15, 0.2) is 54.2 Å². The number of rotatable bonds is 19. The van der Waals surface area contributed by atoms with Crippen LogP contribution in [-0.2, 0) is 23.2 Å². The summed E-state index contributed by atoms with van der Waals surface area (Å²) in [6.07, 6.45) is 18.3. The highest BCUT2D eigenvalue weighted by Gasteiger charge is 2.23. The third-order valence-corrected chi connectivity index (χ3v) is 8.72. The van der Waals surface area contributed by atoms with Crippen molar-refractivity contribution in [3.63, 3.8) is 0 Å². The molecule has 0 saturated carbocycles. The van der Waals surface area contributed by atoms with Crippen molar-refractivity contribution < 1.29 is 31.1 Å². The second-order valence-corrected chi connectivity index (χ2v) is 13.9. The van der Waals surface area contributed by atoms with Crippen LogP contribution in [0.4, 0.5) is 5.69 Å². The van der Waals surface area contributed by atoms with Crippen molar-refractivity contribution in [1.82, 2.24) is 0 Å².